The average molecular weight is 250 g/mol. The summed E-state index contributed by atoms with van der Waals surface area (Å²) in [5.41, 5.74) is 1.28. The van der Waals surface area contributed by atoms with E-state index < -0.39 is 0 Å². The van der Waals surface area contributed by atoms with Crippen molar-refractivity contribution in [2.45, 2.75) is 51.7 Å². The molecule has 0 atom stereocenters. The summed E-state index contributed by atoms with van der Waals surface area (Å²) in [5, 5.41) is 7.79. The van der Waals surface area contributed by atoms with E-state index in [-0.39, 0.29) is 0 Å². The molecular weight excluding hydrogens is 224 g/mol. The molecule has 0 saturated heterocycles. The smallest absolute Gasteiger partial charge is 0.0521 e. The lowest BCUT2D eigenvalue weighted by molar-refractivity contribution is 0.245. The van der Waals surface area contributed by atoms with E-state index >= 15 is 0 Å². The Morgan fingerprint density at radius 2 is 2.22 bits per heavy atom. The predicted molar refractivity (Wildman–Crippen MR) is 74.5 cm³/mol. The van der Waals surface area contributed by atoms with Crippen LogP contribution in [0.5, 0.6) is 0 Å². The van der Waals surface area contributed by atoms with Crippen molar-refractivity contribution < 1.29 is 0 Å². The maximum Gasteiger partial charge on any atom is 0.0521 e. The van der Waals surface area contributed by atoms with E-state index in [2.05, 4.69) is 35.4 Å². The second-order valence-corrected chi connectivity index (χ2v) is 5.23. The van der Waals surface area contributed by atoms with Gasteiger partial charge in [0, 0.05) is 38.4 Å². The molecule has 18 heavy (non-hydrogen) atoms. The first-order valence-corrected chi connectivity index (χ1v) is 7.23. The van der Waals surface area contributed by atoms with Gasteiger partial charge < -0.3 is 10.2 Å². The van der Waals surface area contributed by atoms with Crippen molar-refractivity contribution in [3.63, 3.8) is 0 Å². The summed E-state index contributed by atoms with van der Waals surface area (Å²) in [4.78, 5) is 2.51. The zero-order chi connectivity index (χ0) is 12.8. The van der Waals surface area contributed by atoms with Gasteiger partial charge in [0.1, 0.15) is 0 Å². The van der Waals surface area contributed by atoms with Crippen LogP contribution in [0.4, 0.5) is 0 Å². The van der Waals surface area contributed by atoms with E-state index in [0.717, 1.165) is 32.2 Å². The third-order valence-corrected chi connectivity index (χ3v) is 4.00. The zero-order valence-corrected chi connectivity index (χ0v) is 11.7. The van der Waals surface area contributed by atoms with Crippen molar-refractivity contribution in [1.29, 1.82) is 0 Å². The van der Waals surface area contributed by atoms with Crippen LogP contribution >= 0.6 is 0 Å². The van der Waals surface area contributed by atoms with Crippen LogP contribution in [0.1, 0.15) is 38.3 Å². The Labute approximate surface area is 110 Å². The maximum absolute atomic E-state index is 4.28. The Morgan fingerprint density at radius 3 is 2.94 bits per heavy atom. The van der Waals surface area contributed by atoms with E-state index in [1.807, 2.05) is 10.9 Å². The third kappa shape index (κ3) is 3.56. The van der Waals surface area contributed by atoms with Crippen LogP contribution in [-0.4, -0.2) is 40.9 Å². The van der Waals surface area contributed by atoms with Gasteiger partial charge in [0.2, 0.25) is 0 Å². The molecule has 0 aromatic carbocycles. The van der Waals surface area contributed by atoms with Crippen molar-refractivity contribution >= 4 is 0 Å². The number of hydrogen-bond donors (Lipinski definition) is 1. The molecular formula is C14H26N4. The molecule has 1 aromatic rings. The molecule has 0 aliphatic heterocycles. The second-order valence-electron chi connectivity index (χ2n) is 5.23. The Morgan fingerprint density at radius 1 is 1.44 bits per heavy atom. The number of aryl methyl sites for hydroxylation is 1. The minimum absolute atomic E-state index is 0.827. The van der Waals surface area contributed by atoms with Gasteiger partial charge in [0.15, 0.2) is 0 Å². The Hall–Kier alpha value is -0.870. The molecule has 1 saturated carbocycles. The number of hydrogen-bond acceptors (Lipinski definition) is 3. The Kier molecular flexibility index (Phi) is 5.20. The van der Waals surface area contributed by atoms with Gasteiger partial charge in [0.25, 0.3) is 0 Å². The first kappa shape index (κ1) is 13.6. The van der Waals surface area contributed by atoms with E-state index in [9.17, 15) is 0 Å². The third-order valence-electron chi connectivity index (χ3n) is 4.00. The molecule has 102 valence electrons. The van der Waals surface area contributed by atoms with Crippen LogP contribution in [0.15, 0.2) is 12.3 Å². The van der Waals surface area contributed by atoms with Gasteiger partial charge in [-0.15, -0.1) is 0 Å². The molecule has 1 heterocycles. The van der Waals surface area contributed by atoms with Crippen molar-refractivity contribution in [1.82, 2.24) is 20.0 Å². The summed E-state index contributed by atoms with van der Waals surface area (Å²) in [6.45, 7) is 6.20. The molecule has 0 unspecified atom stereocenters. The summed E-state index contributed by atoms with van der Waals surface area (Å²) >= 11 is 0. The molecule has 0 radical (unpaired) electrons. The minimum atomic E-state index is 0.827. The largest absolute Gasteiger partial charge is 0.310 e. The molecule has 4 heteroatoms. The van der Waals surface area contributed by atoms with Crippen LogP contribution in [0.25, 0.3) is 0 Å². The Bertz CT molecular complexity index is 341. The molecule has 0 spiro atoms. The van der Waals surface area contributed by atoms with Crippen LogP contribution < -0.4 is 5.32 Å². The summed E-state index contributed by atoms with van der Waals surface area (Å²) in [7, 11) is 2.26. The fourth-order valence-electron chi connectivity index (χ4n) is 2.79. The van der Waals surface area contributed by atoms with Crippen LogP contribution in [0.3, 0.4) is 0 Å². The van der Waals surface area contributed by atoms with Gasteiger partial charge in [-0.3, -0.25) is 4.68 Å². The molecule has 0 amide bonds. The lowest BCUT2D eigenvalue weighted by Crippen LogP contribution is -2.35. The highest BCUT2D eigenvalue weighted by Crippen LogP contribution is 2.21. The van der Waals surface area contributed by atoms with Gasteiger partial charge in [-0.25, -0.2) is 0 Å². The van der Waals surface area contributed by atoms with Crippen molar-refractivity contribution in [2.24, 2.45) is 0 Å². The van der Waals surface area contributed by atoms with Crippen LogP contribution in [0.2, 0.25) is 0 Å². The van der Waals surface area contributed by atoms with Crippen molar-refractivity contribution in [2.75, 3.05) is 20.1 Å². The highest BCUT2D eigenvalue weighted by molar-refractivity contribution is 4.99. The average Bonchev–Trinajstić information content (AvgIpc) is 3.04. The van der Waals surface area contributed by atoms with E-state index in [1.165, 1.54) is 31.4 Å². The van der Waals surface area contributed by atoms with Gasteiger partial charge in [-0.05, 0) is 32.9 Å². The lowest BCUT2D eigenvalue weighted by Gasteiger charge is -2.24. The SMILES string of the molecule is CCn1nccc1CNCCN(C)C1CCCC1. The van der Waals surface area contributed by atoms with Gasteiger partial charge in [0.05, 0.1) is 5.69 Å². The molecule has 2 rings (SSSR count). The summed E-state index contributed by atoms with van der Waals surface area (Å²) in [5.74, 6) is 0. The molecule has 1 fully saturated rings. The highest BCUT2D eigenvalue weighted by atomic mass is 15.3. The van der Waals surface area contributed by atoms with Gasteiger partial charge in [-0.2, -0.15) is 5.10 Å². The fraction of sp³-hybridized carbons (Fsp3) is 0.786. The molecule has 1 N–H and O–H groups in total. The zero-order valence-electron chi connectivity index (χ0n) is 11.7. The maximum atomic E-state index is 4.28. The normalized spacial score (nSPS) is 16.8. The minimum Gasteiger partial charge on any atom is -0.310 e. The Balaban J connectivity index is 1.63. The second kappa shape index (κ2) is 6.90. The quantitative estimate of drug-likeness (QED) is 0.750. The van der Waals surface area contributed by atoms with Crippen molar-refractivity contribution in [3.05, 3.63) is 18.0 Å². The highest BCUT2D eigenvalue weighted by Gasteiger charge is 2.18. The van der Waals surface area contributed by atoms with Crippen LogP contribution in [-0.2, 0) is 13.1 Å². The molecule has 1 aliphatic carbocycles. The number of rotatable bonds is 7. The molecule has 0 bridgehead atoms. The number of nitrogens with one attached hydrogen (secondary N) is 1. The number of likely N-dealkylation sites (N-methyl/N-ethyl adjacent to an activating group) is 1. The van der Waals surface area contributed by atoms with E-state index in [1.54, 1.807) is 0 Å². The molecule has 1 aromatic heterocycles. The van der Waals surface area contributed by atoms with Gasteiger partial charge in [-0.1, -0.05) is 12.8 Å². The topological polar surface area (TPSA) is 33.1 Å². The number of aromatic nitrogens is 2. The van der Waals surface area contributed by atoms with E-state index in [0.29, 0.717) is 0 Å². The van der Waals surface area contributed by atoms with Crippen LogP contribution in [0, 0.1) is 0 Å². The predicted octanol–water partition coefficient (Wildman–Crippen LogP) is 1.87. The summed E-state index contributed by atoms with van der Waals surface area (Å²) in [6, 6.07) is 2.92. The molecule has 4 nitrogen and oxygen atoms in total. The summed E-state index contributed by atoms with van der Waals surface area (Å²) in [6.07, 6.45) is 7.49. The molecule has 1 aliphatic rings. The first-order valence-electron chi connectivity index (χ1n) is 7.23. The number of nitrogens with zero attached hydrogens (tertiary/aromatic N) is 3. The van der Waals surface area contributed by atoms with Crippen molar-refractivity contribution in [3.8, 4) is 0 Å². The summed E-state index contributed by atoms with van der Waals surface area (Å²) < 4.78 is 2.05. The van der Waals surface area contributed by atoms with Gasteiger partial charge >= 0.3 is 0 Å². The lowest BCUT2D eigenvalue weighted by atomic mass is 10.2. The first-order chi connectivity index (χ1) is 8.81. The standard InChI is InChI=1S/C14H26N4/c1-3-18-14(8-9-16-18)12-15-10-11-17(2)13-6-4-5-7-13/h8-9,13,15H,3-7,10-12H2,1-2H3. The monoisotopic (exact) mass is 250 g/mol. The fourth-order valence-corrected chi connectivity index (χ4v) is 2.79. The van der Waals surface area contributed by atoms with E-state index in [4.69, 9.17) is 0 Å².